The third-order valence-electron chi connectivity index (χ3n) is 1.79. The quantitative estimate of drug-likeness (QED) is 0.540. The third-order valence-corrected chi connectivity index (χ3v) is 2.61. The van der Waals surface area contributed by atoms with Crippen LogP contribution in [0, 0.1) is 22.6 Å². The summed E-state index contributed by atoms with van der Waals surface area (Å²) in [5.41, 5.74) is 11.1. The molecule has 17 heavy (non-hydrogen) atoms. The molecule has 0 bridgehead atoms. The Hall–Kier alpha value is -2.07. The predicted molar refractivity (Wildman–Crippen MR) is 65.9 cm³/mol. The summed E-state index contributed by atoms with van der Waals surface area (Å²) in [5, 5.41) is 16.1. The minimum absolute atomic E-state index is 0.0572. The summed E-state index contributed by atoms with van der Waals surface area (Å²) in [6, 6.07) is 5.81. The lowest BCUT2D eigenvalue weighted by atomic mass is 10.1. The van der Waals surface area contributed by atoms with Crippen LogP contribution < -0.4 is 11.5 Å². The zero-order chi connectivity index (χ0) is 12.8. The van der Waals surface area contributed by atoms with Gasteiger partial charge in [0, 0.05) is 5.75 Å². The number of hydrogen-bond acceptors (Lipinski definition) is 3. The van der Waals surface area contributed by atoms with Crippen molar-refractivity contribution < 1.29 is 4.39 Å². The van der Waals surface area contributed by atoms with E-state index in [1.807, 2.05) is 6.07 Å². The molecule has 88 valence electrons. The number of nitrogens with zero attached hydrogens (tertiary/aromatic N) is 2. The van der Waals surface area contributed by atoms with E-state index in [1.54, 1.807) is 0 Å². The van der Waals surface area contributed by atoms with Crippen molar-refractivity contribution in [1.82, 2.24) is 0 Å². The summed E-state index contributed by atoms with van der Waals surface area (Å²) in [7, 11) is 0. The largest absolute Gasteiger partial charge is 0.370 e. The third kappa shape index (κ3) is 4.12. The molecule has 0 aliphatic rings. The van der Waals surface area contributed by atoms with Gasteiger partial charge < -0.3 is 11.5 Å². The highest BCUT2D eigenvalue weighted by molar-refractivity contribution is 8.13. The molecule has 1 rings (SSSR count). The van der Waals surface area contributed by atoms with Crippen LogP contribution in [0.4, 0.5) is 4.39 Å². The van der Waals surface area contributed by atoms with Crippen LogP contribution in [0.3, 0.4) is 0 Å². The van der Waals surface area contributed by atoms with Gasteiger partial charge in [-0.3, -0.25) is 5.41 Å². The number of hydrogen-bond donors (Lipinski definition) is 3. The maximum atomic E-state index is 12.8. The van der Waals surface area contributed by atoms with Gasteiger partial charge in [-0.25, -0.2) is 4.39 Å². The summed E-state index contributed by atoms with van der Waals surface area (Å²) in [6.07, 6.45) is 0. The molecule has 0 heterocycles. The highest BCUT2D eigenvalue weighted by Gasteiger charge is 2.05. The lowest BCUT2D eigenvalue weighted by Crippen LogP contribution is -2.23. The van der Waals surface area contributed by atoms with Crippen LogP contribution in [0.5, 0.6) is 0 Å². The Morgan fingerprint density at radius 3 is 2.82 bits per heavy atom. The van der Waals surface area contributed by atoms with Crippen molar-refractivity contribution in [2.24, 2.45) is 16.5 Å². The number of aliphatic imine (C=N–C) groups is 1. The topological polar surface area (TPSA) is 112 Å². The number of nitriles is 1. The minimum Gasteiger partial charge on any atom is -0.370 e. The molecule has 1 aromatic rings. The molecule has 0 fully saturated rings. The number of nitrogens with two attached hydrogens (primary N) is 2. The van der Waals surface area contributed by atoms with Crippen molar-refractivity contribution in [2.45, 2.75) is 5.75 Å². The minimum atomic E-state index is -0.463. The van der Waals surface area contributed by atoms with Crippen LogP contribution in [-0.2, 0) is 5.75 Å². The second-order valence-corrected chi connectivity index (χ2v) is 4.01. The molecule has 0 radical (unpaired) electrons. The second-order valence-electron chi connectivity index (χ2n) is 3.04. The number of amidine groups is 1. The number of thioether (sulfide) groups is 1. The van der Waals surface area contributed by atoms with E-state index < -0.39 is 5.82 Å². The van der Waals surface area contributed by atoms with Gasteiger partial charge in [0.1, 0.15) is 5.82 Å². The van der Waals surface area contributed by atoms with Crippen LogP contribution in [-0.4, -0.2) is 11.1 Å². The van der Waals surface area contributed by atoms with E-state index in [0.29, 0.717) is 11.3 Å². The summed E-state index contributed by atoms with van der Waals surface area (Å²) in [5.74, 6) is -0.324. The van der Waals surface area contributed by atoms with E-state index in [4.69, 9.17) is 22.1 Å². The summed E-state index contributed by atoms with van der Waals surface area (Å²) < 4.78 is 12.8. The maximum absolute atomic E-state index is 12.8. The lowest BCUT2D eigenvalue weighted by Gasteiger charge is -2.03. The SMILES string of the molecule is N#Cc1cc(F)ccc1CSC(=N)N=C(N)N. The van der Waals surface area contributed by atoms with Crippen molar-refractivity contribution in [3.8, 4) is 6.07 Å². The van der Waals surface area contributed by atoms with E-state index in [-0.39, 0.29) is 16.7 Å². The van der Waals surface area contributed by atoms with Gasteiger partial charge in [0.05, 0.1) is 11.6 Å². The normalized spacial score (nSPS) is 9.41. The average Bonchev–Trinajstić information content (AvgIpc) is 2.26. The molecule has 7 heteroatoms. The van der Waals surface area contributed by atoms with Crippen LogP contribution in [0.25, 0.3) is 0 Å². The summed E-state index contributed by atoms with van der Waals surface area (Å²) >= 11 is 1.06. The van der Waals surface area contributed by atoms with Gasteiger partial charge in [0.2, 0.25) is 0 Å². The molecule has 0 spiro atoms. The Bertz CT molecular complexity index is 502. The first kappa shape index (κ1) is 13.0. The Morgan fingerprint density at radius 2 is 2.24 bits per heavy atom. The van der Waals surface area contributed by atoms with Crippen LogP contribution in [0.1, 0.15) is 11.1 Å². The molecule has 0 atom stereocenters. The van der Waals surface area contributed by atoms with Crippen molar-refractivity contribution in [2.75, 3.05) is 0 Å². The van der Waals surface area contributed by atoms with Crippen molar-refractivity contribution >= 4 is 22.9 Å². The molecule has 5 nitrogen and oxygen atoms in total. The van der Waals surface area contributed by atoms with Crippen LogP contribution in [0.15, 0.2) is 23.2 Å². The Labute approximate surface area is 102 Å². The van der Waals surface area contributed by atoms with Crippen LogP contribution >= 0.6 is 11.8 Å². The van der Waals surface area contributed by atoms with Gasteiger partial charge in [0.25, 0.3) is 0 Å². The molecule has 5 N–H and O–H groups in total. The molecule has 0 amide bonds. The van der Waals surface area contributed by atoms with Gasteiger partial charge >= 0.3 is 0 Å². The zero-order valence-electron chi connectivity index (χ0n) is 8.77. The van der Waals surface area contributed by atoms with E-state index >= 15 is 0 Å². The van der Waals surface area contributed by atoms with Crippen molar-refractivity contribution in [3.05, 3.63) is 35.1 Å². The molecule has 1 aromatic carbocycles. The number of rotatable bonds is 2. The molecular weight excluding hydrogens is 241 g/mol. The Kier molecular flexibility index (Phi) is 4.48. The molecule has 0 saturated carbocycles. The first-order valence-corrected chi connectivity index (χ1v) is 5.51. The fourth-order valence-corrected chi connectivity index (χ4v) is 1.79. The van der Waals surface area contributed by atoms with E-state index in [2.05, 4.69) is 4.99 Å². The fraction of sp³-hybridized carbons (Fsp3) is 0.100. The van der Waals surface area contributed by atoms with E-state index in [9.17, 15) is 4.39 Å². The van der Waals surface area contributed by atoms with Gasteiger partial charge in [-0.15, -0.1) is 0 Å². The molecular formula is C10H10FN5S. The van der Waals surface area contributed by atoms with Gasteiger partial charge in [-0.05, 0) is 17.7 Å². The molecule has 0 unspecified atom stereocenters. The van der Waals surface area contributed by atoms with Crippen LogP contribution in [0.2, 0.25) is 0 Å². The standard InChI is InChI=1S/C10H10FN5S/c11-8-2-1-6(7(3-8)4-12)5-17-10(15)16-9(13)14/h1-3H,5H2,(H5,13,14,15,16). The highest BCUT2D eigenvalue weighted by atomic mass is 32.2. The lowest BCUT2D eigenvalue weighted by molar-refractivity contribution is 0.627. The monoisotopic (exact) mass is 251 g/mol. The average molecular weight is 251 g/mol. The molecule has 0 saturated heterocycles. The van der Waals surface area contributed by atoms with Gasteiger partial charge in [-0.1, -0.05) is 17.8 Å². The summed E-state index contributed by atoms with van der Waals surface area (Å²) in [6.45, 7) is 0. The van der Waals surface area contributed by atoms with E-state index in [1.165, 1.54) is 12.1 Å². The molecule has 0 aliphatic carbocycles. The first-order chi connectivity index (χ1) is 8.02. The molecule has 0 aromatic heterocycles. The highest BCUT2D eigenvalue weighted by Crippen LogP contribution is 2.18. The van der Waals surface area contributed by atoms with Gasteiger partial charge in [-0.2, -0.15) is 10.3 Å². The molecule has 0 aliphatic heterocycles. The second kappa shape index (κ2) is 5.86. The Morgan fingerprint density at radius 1 is 1.53 bits per heavy atom. The van der Waals surface area contributed by atoms with Gasteiger partial charge in [0.15, 0.2) is 11.1 Å². The Balaban J connectivity index is 2.74. The zero-order valence-corrected chi connectivity index (χ0v) is 9.59. The first-order valence-electron chi connectivity index (χ1n) is 4.52. The number of benzene rings is 1. The predicted octanol–water partition coefficient (Wildman–Crippen LogP) is 1.14. The smallest absolute Gasteiger partial charge is 0.193 e. The van der Waals surface area contributed by atoms with Crippen molar-refractivity contribution in [1.29, 1.82) is 10.7 Å². The fourth-order valence-electron chi connectivity index (χ4n) is 1.07. The number of guanidine groups is 1. The van der Waals surface area contributed by atoms with Crippen molar-refractivity contribution in [3.63, 3.8) is 0 Å². The maximum Gasteiger partial charge on any atom is 0.193 e. The number of nitrogens with one attached hydrogen (secondary N) is 1. The van der Waals surface area contributed by atoms with E-state index in [0.717, 1.165) is 17.8 Å². The summed E-state index contributed by atoms with van der Waals surface area (Å²) in [4.78, 5) is 3.53. The number of halogens is 1.